The molecule has 0 saturated heterocycles. The monoisotopic (exact) mass is 197 g/mol. The van der Waals surface area contributed by atoms with Gasteiger partial charge in [0.25, 0.3) is 6.43 Å². The second kappa shape index (κ2) is 3.13. The highest BCUT2D eigenvalue weighted by molar-refractivity contribution is 5.83. The summed E-state index contributed by atoms with van der Waals surface area (Å²) in [6.07, 6.45) is 1.75. The van der Waals surface area contributed by atoms with Crippen molar-refractivity contribution in [3.63, 3.8) is 0 Å². The second-order valence-corrected chi connectivity index (χ2v) is 2.61. The Hall–Kier alpha value is -1.85. The molecule has 0 saturated carbocycles. The molecule has 0 N–H and O–H groups in total. The van der Waals surface area contributed by atoms with Crippen LogP contribution in [0.25, 0.3) is 5.52 Å². The van der Waals surface area contributed by atoms with E-state index in [2.05, 4.69) is 9.97 Å². The van der Waals surface area contributed by atoms with Gasteiger partial charge in [-0.25, -0.2) is 13.8 Å². The fraction of sp³-hybridized carbons (Fsp3) is 0.125. The van der Waals surface area contributed by atoms with Crippen molar-refractivity contribution in [1.29, 1.82) is 0 Å². The van der Waals surface area contributed by atoms with E-state index in [1.54, 1.807) is 0 Å². The summed E-state index contributed by atoms with van der Waals surface area (Å²) in [5.41, 5.74) is 0.270. The average Bonchev–Trinajstić information content (AvgIpc) is 2.56. The summed E-state index contributed by atoms with van der Waals surface area (Å²) in [5.74, 6) is -0.440. The number of halogens is 2. The highest BCUT2D eigenvalue weighted by Gasteiger charge is 2.17. The van der Waals surface area contributed by atoms with Gasteiger partial charge in [0, 0.05) is 12.4 Å². The van der Waals surface area contributed by atoms with Crippen LogP contribution in [0.15, 0.2) is 18.6 Å². The SMILES string of the molecule is O=Cc1nc(C(F)F)n2ccncc12. The lowest BCUT2D eigenvalue weighted by atomic mass is 10.4. The molecule has 2 aromatic rings. The number of aromatic nitrogens is 3. The van der Waals surface area contributed by atoms with Gasteiger partial charge >= 0.3 is 0 Å². The van der Waals surface area contributed by atoms with Crippen molar-refractivity contribution in [3.05, 3.63) is 30.1 Å². The number of alkyl halides is 2. The predicted molar refractivity (Wildman–Crippen MR) is 43.3 cm³/mol. The van der Waals surface area contributed by atoms with Crippen LogP contribution in [0.5, 0.6) is 0 Å². The maximum atomic E-state index is 12.4. The molecule has 2 heterocycles. The number of fused-ring (bicyclic) bond motifs is 1. The van der Waals surface area contributed by atoms with E-state index in [0.717, 1.165) is 4.40 Å². The molecule has 2 rings (SSSR count). The topological polar surface area (TPSA) is 47.3 Å². The van der Waals surface area contributed by atoms with Crippen LogP contribution in [-0.4, -0.2) is 20.7 Å². The van der Waals surface area contributed by atoms with E-state index in [9.17, 15) is 13.6 Å². The molecule has 0 aliphatic carbocycles. The number of nitrogens with zero attached hydrogens (tertiary/aromatic N) is 3. The zero-order chi connectivity index (χ0) is 10.1. The van der Waals surface area contributed by atoms with Crippen molar-refractivity contribution < 1.29 is 13.6 Å². The molecule has 0 fully saturated rings. The maximum absolute atomic E-state index is 12.4. The first-order chi connectivity index (χ1) is 6.74. The highest BCUT2D eigenvalue weighted by atomic mass is 19.3. The molecule has 0 spiro atoms. The normalized spacial score (nSPS) is 11.1. The van der Waals surface area contributed by atoms with Crippen LogP contribution in [0.1, 0.15) is 22.7 Å². The van der Waals surface area contributed by atoms with Gasteiger partial charge in [0.15, 0.2) is 12.1 Å². The molecule has 0 bridgehead atoms. The molecule has 0 aliphatic rings. The lowest BCUT2D eigenvalue weighted by Crippen LogP contribution is -1.94. The average molecular weight is 197 g/mol. The molecule has 0 atom stereocenters. The number of rotatable bonds is 2. The third kappa shape index (κ3) is 1.15. The number of imidazole rings is 1. The third-order valence-electron chi connectivity index (χ3n) is 1.81. The van der Waals surface area contributed by atoms with E-state index < -0.39 is 12.2 Å². The van der Waals surface area contributed by atoms with Gasteiger partial charge in [-0.15, -0.1) is 0 Å². The zero-order valence-corrected chi connectivity index (χ0v) is 6.89. The lowest BCUT2D eigenvalue weighted by Gasteiger charge is -1.96. The fourth-order valence-electron chi connectivity index (χ4n) is 1.23. The van der Waals surface area contributed by atoms with Crippen molar-refractivity contribution in [2.24, 2.45) is 0 Å². The third-order valence-corrected chi connectivity index (χ3v) is 1.81. The molecule has 0 radical (unpaired) electrons. The van der Waals surface area contributed by atoms with Gasteiger partial charge in [-0.05, 0) is 0 Å². The number of hydrogen-bond acceptors (Lipinski definition) is 3. The van der Waals surface area contributed by atoms with Crippen molar-refractivity contribution in [2.45, 2.75) is 6.43 Å². The Bertz CT molecular complexity index is 480. The smallest absolute Gasteiger partial charge is 0.295 e. The molecule has 0 aliphatic heterocycles. The first-order valence-corrected chi connectivity index (χ1v) is 3.79. The lowest BCUT2D eigenvalue weighted by molar-refractivity contribution is 0.111. The standard InChI is InChI=1S/C8H5F2N3O/c9-7(10)8-12-5(4-14)6-3-11-1-2-13(6)8/h1-4,7H. The molecule has 0 unspecified atom stereocenters. The largest absolute Gasteiger partial charge is 0.296 e. The van der Waals surface area contributed by atoms with Crippen LogP contribution >= 0.6 is 0 Å². The van der Waals surface area contributed by atoms with Gasteiger partial charge in [0.1, 0.15) is 5.69 Å². The van der Waals surface area contributed by atoms with Gasteiger partial charge in [-0.3, -0.25) is 14.2 Å². The molecule has 72 valence electrons. The number of aldehydes is 1. The van der Waals surface area contributed by atoms with Crippen LogP contribution in [0, 0.1) is 0 Å². The Kier molecular flexibility index (Phi) is 1.95. The molecular formula is C8H5F2N3O. The number of carbonyl (C=O) groups excluding carboxylic acids is 1. The van der Waals surface area contributed by atoms with Crippen LogP contribution in [-0.2, 0) is 0 Å². The van der Waals surface area contributed by atoms with Crippen LogP contribution in [0.2, 0.25) is 0 Å². The fourth-order valence-corrected chi connectivity index (χ4v) is 1.23. The summed E-state index contributed by atoms with van der Waals surface area (Å²) in [4.78, 5) is 17.7. The molecule has 14 heavy (non-hydrogen) atoms. The van der Waals surface area contributed by atoms with Crippen molar-refractivity contribution in [3.8, 4) is 0 Å². The van der Waals surface area contributed by atoms with E-state index in [1.807, 2.05) is 0 Å². The first-order valence-electron chi connectivity index (χ1n) is 3.79. The van der Waals surface area contributed by atoms with Crippen LogP contribution < -0.4 is 0 Å². The van der Waals surface area contributed by atoms with E-state index in [1.165, 1.54) is 18.6 Å². The predicted octanol–water partition coefficient (Wildman–Crippen LogP) is 1.48. The molecule has 4 nitrogen and oxygen atoms in total. The Morgan fingerprint density at radius 1 is 1.50 bits per heavy atom. The van der Waals surface area contributed by atoms with Gasteiger partial charge < -0.3 is 0 Å². The minimum atomic E-state index is -2.71. The quantitative estimate of drug-likeness (QED) is 0.685. The van der Waals surface area contributed by atoms with Gasteiger partial charge in [0.2, 0.25) is 0 Å². The Balaban J connectivity index is 2.79. The van der Waals surface area contributed by atoms with Crippen LogP contribution in [0.4, 0.5) is 8.78 Å². The summed E-state index contributed by atoms with van der Waals surface area (Å²) in [6.45, 7) is 0. The van der Waals surface area contributed by atoms with Crippen molar-refractivity contribution in [2.75, 3.05) is 0 Å². The van der Waals surface area contributed by atoms with E-state index in [4.69, 9.17) is 0 Å². The maximum Gasteiger partial charge on any atom is 0.295 e. The van der Waals surface area contributed by atoms with Gasteiger partial charge in [-0.2, -0.15) is 0 Å². The number of carbonyl (C=O) groups is 1. The molecular weight excluding hydrogens is 192 g/mol. The van der Waals surface area contributed by atoms with E-state index in [-0.39, 0.29) is 11.2 Å². The summed E-state index contributed by atoms with van der Waals surface area (Å²) in [6, 6.07) is 0. The summed E-state index contributed by atoms with van der Waals surface area (Å²) in [5, 5.41) is 0. The highest BCUT2D eigenvalue weighted by Crippen LogP contribution is 2.20. The van der Waals surface area contributed by atoms with Crippen LogP contribution in [0.3, 0.4) is 0 Å². The molecule has 0 aromatic carbocycles. The molecule has 6 heteroatoms. The van der Waals surface area contributed by atoms with Crippen molar-refractivity contribution in [1.82, 2.24) is 14.4 Å². The molecule has 2 aromatic heterocycles. The summed E-state index contributed by atoms with van der Waals surface area (Å²) >= 11 is 0. The molecule has 0 amide bonds. The zero-order valence-electron chi connectivity index (χ0n) is 6.89. The second-order valence-electron chi connectivity index (χ2n) is 2.61. The van der Waals surface area contributed by atoms with Gasteiger partial charge in [0.05, 0.1) is 11.7 Å². The number of hydrogen-bond donors (Lipinski definition) is 0. The Labute approximate surface area is 77.2 Å². The van der Waals surface area contributed by atoms with E-state index >= 15 is 0 Å². The van der Waals surface area contributed by atoms with E-state index in [0.29, 0.717) is 6.29 Å². The summed E-state index contributed by atoms with van der Waals surface area (Å²) < 4.78 is 26.0. The minimum Gasteiger partial charge on any atom is -0.296 e. The summed E-state index contributed by atoms with van der Waals surface area (Å²) in [7, 11) is 0. The Morgan fingerprint density at radius 3 is 2.93 bits per heavy atom. The Morgan fingerprint density at radius 2 is 2.29 bits per heavy atom. The first kappa shape index (κ1) is 8.74. The minimum absolute atomic E-state index is 0.0200. The van der Waals surface area contributed by atoms with Crippen molar-refractivity contribution >= 4 is 11.8 Å². The van der Waals surface area contributed by atoms with Gasteiger partial charge in [-0.1, -0.05) is 0 Å².